The van der Waals surface area contributed by atoms with E-state index in [0.29, 0.717) is 6.42 Å². The lowest BCUT2D eigenvalue weighted by Gasteiger charge is -2.21. The monoisotopic (exact) mass is 448 g/mol. The van der Waals surface area contributed by atoms with Gasteiger partial charge in [-0.3, -0.25) is 4.79 Å². The molecule has 1 atom stereocenters. The maximum Gasteiger partial charge on any atom is 0.242 e. The van der Waals surface area contributed by atoms with Gasteiger partial charge in [-0.25, -0.2) is 5.01 Å². The van der Waals surface area contributed by atoms with Crippen molar-refractivity contribution in [3.8, 4) is 5.75 Å². The molecule has 0 aliphatic carbocycles. The Labute approximate surface area is 200 Å². The van der Waals surface area contributed by atoms with Crippen LogP contribution in [0.3, 0.4) is 0 Å². The van der Waals surface area contributed by atoms with Gasteiger partial charge in [-0.15, -0.1) is 0 Å². The van der Waals surface area contributed by atoms with Gasteiger partial charge in [0.25, 0.3) is 0 Å². The van der Waals surface area contributed by atoms with E-state index >= 15 is 0 Å². The van der Waals surface area contributed by atoms with E-state index in [1.807, 2.05) is 37.3 Å². The van der Waals surface area contributed by atoms with E-state index in [2.05, 4.69) is 36.3 Å². The minimum Gasteiger partial charge on any atom is -0.494 e. The van der Waals surface area contributed by atoms with Crippen LogP contribution >= 0.6 is 0 Å². The molecule has 2 aromatic rings. The summed E-state index contributed by atoms with van der Waals surface area (Å²) in [5, 5.41) is 6.35. The number of benzene rings is 2. The van der Waals surface area contributed by atoms with Crippen molar-refractivity contribution in [2.45, 2.75) is 90.5 Å². The first-order valence-electron chi connectivity index (χ1n) is 12.9. The molecule has 1 aliphatic heterocycles. The zero-order chi connectivity index (χ0) is 23.3. The van der Waals surface area contributed by atoms with Crippen LogP contribution in [0, 0.1) is 0 Å². The Balaban J connectivity index is 1.45. The van der Waals surface area contributed by atoms with Crippen molar-refractivity contribution in [1.82, 2.24) is 5.01 Å². The molecule has 0 N–H and O–H groups in total. The predicted octanol–water partition coefficient (Wildman–Crippen LogP) is 7.68. The molecule has 33 heavy (non-hydrogen) atoms. The average molecular weight is 449 g/mol. The van der Waals surface area contributed by atoms with Crippen LogP contribution in [0.4, 0.5) is 0 Å². The lowest BCUT2D eigenvalue weighted by atomic mass is 9.98. The Morgan fingerprint density at radius 3 is 2.15 bits per heavy atom. The second-order valence-electron chi connectivity index (χ2n) is 8.97. The summed E-state index contributed by atoms with van der Waals surface area (Å²) in [4.78, 5) is 12.6. The third-order valence-corrected chi connectivity index (χ3v) is 6.36. The van der Waals surface area contributed by atoms with Crippen molar-refractivity contribution >= 4 is 11.6 Å². The highest BCUT2D eigenvalue weighted by Gasteiger charge is 2.32. The van der Waals surface area contributed by atoms with Crippen molar-refractivity contribution in [2.75, 3.05) is 6.61 Å². The molecule has 0 aromatic heterocycles. The SMILES string of the molecule is CCCCCCCCCCCOc1ccc(C2CC(c3ccccc3)=NN2C(=O)CC)cc1. The molecule has 2 aromatic carbocycles. The van der Waals surface area contributed by atoms with Gasteiger partial charge in [0.1, 0.15) is 5.75 Å². The Morgan fingerprint density at radius 2 is 1.52 bits per heavy atom. The van der Waals surface area contributed by atoms with Gasteiger partial charge in [-0.1, -0.05) is 108 Å². The smallest absolute Gasteiger partial charge is 0.242 e. The number of hydrogen-bond acceptors (Lipinski definition) is 3. The summed E-state index contributed by atoms with van der Waals surface area (Å²) in [6.07, 6.45) is 13.0. The maximum atomic E-state index is 12.6. The molecule has 178 valence electrons. The summed E-state index contributed by atoms with van der Waals surface area (Å²) in [6, 6.07) is 18.3. The van der Waals surface area contributed by atoms with Gasteiger partial charge >= 0.3 is 0 Å². The summed E-state index contributed by atoms with van der Waals surface area (Å²) in [7, 11) is 0. The number of rotatable bonds is 14. The first-order valence-corrected chi connectivity index (χ1v) is 12.9. The molecule has 0 fully saturated rings. The zero-order valence-electron chi connectivity index (χ0n) is 20.5. The normalized spacial score (nSPS) is 15.5. The molecule has 0 saturated heterocycles. The van der Waals surface area contributed by atoms with Gasteiger partial charge < -0.3 is 4.74 Å². The van der Waals surface area contributed by atoms with Crippen LogP contribution in [0.1, 0.15) is 102 Å². The number of ether oxygens (including phenoxy) is 1. The highest BCUT2D eigenvalue weighted by Crippen LogP contribution is 2.34. The van der Waals surface area contributed by atoms with Crippen LogP contribution in [0.5, 0.6) is 5.75 Å². The summed E-state index contributed by atoms with van der Waals surface area (Å²) in [5.74, 6) is 0.950. The molecule has 1 amide bonds. The number of hydrogen-bond donors (Lipinski definition) is 0. The van der Waals surface area contributed by atoms with Crippen LogP contribution in [0.2, 0.25) is 0 Å². The molecule has 0 radical (unpaired) electrons. The van der Waals surface area contributed by atoms with Crippen LogP contribution < -0.4 is 4.74 Å². The van der Waals surface area contributed by atoms with Crippen LogP contribution in [0.25, 0.3) is 0 Å². The summed E-state index contributed by atoms with van der Waals surface area (Å²) in [6.45, 7) is 4.92. The van der Waals surface area contributed by atoms with E-state index in [4.69, 9.17) is 4.74 Å². The fourth-order valence-corrected chi connectivity index (χ4v) is 4.36. The Morgan fingerprint density at radius 1 is 0.879 bits per heavy atom. The second kappa shape index (κ2) is 13.8. The Hall–Kier alpha value is -2.62. The summed E-state index contributed by atoms with van der Waals surface area (Å²) in [5.41, 5.74) is 3.14. The molecule has 0 bridgehead atoms. The lowest BCUT2D eigenvalue weighted by molar-refractivity contribution is -0.132. The molecule has 4 nitrogen and oxygen atoms in total. The number of unbranched alkanes of at least 4 members (excludes halogenated alkanes) is 8. The van der Waals surface area contributed by atoms with Crippen molar-refractivity contribution in [3.63, 3.8) is 0 Å². The molecule has 3 rings (SSSR count). The molecular weight excluding hydrogens is 408 g/mol. The molecule has 0 spiro atoms. The van der Waals surface area contributed by atoms with E-state index < -0.39 is 0 Å². The largest absolute Gasteiger partial charge is 0.494 e. The fraction of sp³-hybridized carbons (Fsp3) is 0.517. The van der Waals surface area contributed by atoms with Gasteiger partial charge in [-0.2, -0.15) is 5.10 Å². The van der Waals surface area contributed by atoms with Gasteiger partial charge in [0, 0.05) is 12.8 Å². The Kier molecular flexibility index (Phi) is 10.5. The number of hydrazone groups is 1. The number of carbonyl (C=O) groups excluding carboxylic acids is 1. The van der Waals surface area contributed by atoms with Gasteiger partial charge in [0.05, 0.1) is 18.4 Å². The van der Waals surface area contributed by atoms with Crippen molar-refractivity contribution in [3.05, 3.63) is 65.7 Å². The fourth-order valence-electron chi connectivity index (χ4n) is 4.36. The van der Waals surface area contributed by atoms with E-state index in [1.165, 1.54) is 51.4 Å². The van der Waals surface area contributed by atoms with Crippen LogP contribution in [0.15, 0.2) is 59.7 Å². The van der Waals surface area contributed by atoms with Crippen LogP contribution in [-0.4, -0.2) is 23.2 Å². The first kappa shape index (κ1) is 25.0. The van der Waals surface area contributed by atoms with Crippen molar-refractivity contribution in [1.29, 1.82) is 0 Å². The highest BCUT2D eigenvalue weighted by molar-refractivity contribution is 6.03. The van der Waals surface area contributed by atoms with Gasteiger partial charge in [-0.05, 0) is 29.7 Å². The minimum atomic E-state index is -0.0565. The van der Waals surface area contributed by atoms with Gasteiger partial charge in [0.2, 0.25) is 5.91 Å². The van der Waals surface area contributed by atoms with E-state index in [0.717, 1.165) is 42.0 Å². The van der Waals surface area contributed by atoms with Crippen molar-refractivity contribution < 1.29 is 9.53 Å². The van der Waals surface area contributed by atoms with Crippen molar-refractivity contribution in [2.24, 2.45) is 5.10 Å². The number of nitrogens with zero attached hydrogens (tertiary/aromatic N) is 2. The second-order valence-corrected chi connectivity index (χ2v) is 8.97. The average Bonchev–Trinajstić information content (AvgIpc) is 3.31. The quantitative estimate of drug-likeness (QED) is 0.278. The third-order valence-electron chi connectivity index (χ3n) is 6.36. The topological polar surface area (TPSA) is 41.9 Å². The van der Waals surface area contributed by atoms with E-state index in [1.54, 1.807) is 5.01 Å². The molecule has 1 heterocycles. The standard InChI is InChI=1S/C29H40N2O2/c1-3-5-6-7-8-9-10-11-15-22-33-26-20-18-25(19-21-26)28-23-27(24-16-13-12-14-17-24)30-31(28)29(32)4-2/h12-14,16-21,28H,3-11,15,22-23H2,1-2H3. The highest BCUT2D eigenvalue weighted by atomic mass is 16.5. The summed E-state index contributed by atoms with van der Waals surface area (Å²) < 4.78 is 5.96. The summed E-state index contributed by atoms with van der Waals surface area (Å²) >= 11 is 0. The lowest BCUT2D eigenvalue weighted by Crippen LogP contribution is -2.26. The number of carbonyl (C=O) groups is 1. The minimum absolute atomic E-state index is 0.0524. The molecule has 0 saturated carbocycles. The predicted molar refractivity (Wildman–Crippen MR) is 137 cm³/mol. The molecular formula is C29H40N2O2. The van der Waals surface area contributed by atoms with Gasteiger partial charge in [0.15, 0.2) is 0 Å². The third kappa shape index (κ3) is 7.73. The van der Waals surface area contributed by atoms with Crippen LogP contribution in [-0.2, 0) is 4.79 Å². The first-order chi connectivity index (χ1) is 16.2. The number of amides is 1. The Bertz CT molecular complexity index is 861. The molecule has 4 heteroatoms. The molecule has 1 aliphatic rings. The molecule has 1 unspecified atom stereocenters. The van der Waals surface area contributed by atoms with E-state index in [-0.39, 0.29) is 11.9 Å². The maximum absolute atomic E-state index is 12.6. The van der Waals surface area contributed by atoms with E-state index in [9.17, 15) is 4.79 Å². The zero-order valence-corrected chi connectivity index (χ0v) is 20.5.